The fourth-order valence-electron chi connectivity index (χ4n) is 4.16. The number of aromatic nitrogens is 1. The van der Waals surface area contributed by atoms with Crippen molar-refractivity contribution >= 4 is 16.8 Å². The Morgan fingerprint density at radius 1 is 1.15 bits per heavy atom. The molecule has 4 rings (SSSR count). The van der Waals surface area contributed by atoms with Gasteiger partial charge in [0.05, 0.1) is 12.6 Å². The lowest BCUT2D eigenvalue weighted by atomic mass is 9.92. The highest BCUT2D eigenvalue weighted by molar-refractivity contribution is 5.85. The van der Waals surface area contributed by atoms with E-state index in [1.165, 1.54) is 22.0 Å². The lowest BCUT2D eigenvalue weighted by molar-refractivity contribution is -0.135. The molecule has 1 atom stereocenters. The minimum atomic E-state index is -0.222. The summed E-state index contributed by atoms with van der Waals surface area (Å²) in [5.41, 5.74) is 4.72. The number of hydrogen-bond acceptors (Lipinski definition) is 2. The fraction of sp³-hybridized carbons (Fsp3) is 0.318. The third-order valence-corrected chi connectivity index (χ3v) is 5.49. The number of nitrogens with zero attached hydrogens (tertiary/aromatic N) is 2. The number of para-hydroxylation sites is 1. The standard InChI is InChI=1S/C22H24N2O2/c1-23-14-17(19-8-4-5-9-20(19)23)10-11-22(26)24-13-12-16-6-2-3-7-18(16)21(24)15-25/h2-9,14,21,25H,10-13,15H2,1H3. The Bertz CT molecular complexity index is 944. The molecule has 1 aliphatic heterocycles. The Labute approximate surface area is 153 Å². The molecule has 0 spiro atoms. The number of benzene rings is 2. The largest absolute Gasteiger partial charge is 0.394 e. The highest BCUT2D eigenvalue weighted by Gasteiger charge is 2.29. The Morgan fingerprint density at radius 3 is 2.77 bits per heavy atom. The number of fused-ring (bicyclic) bond motifs is 2. The van der Waals surface area contributed by atoms with Gasteiger partial charge in [0.25, 0.3) is 0 Å². The molecule has 0 saturated carbocycles. The maximum Gasteiger partial charge on any atom is 0.223 e. The van der Waals surface area contributed by atoms with Crippen LogP contribution in [0.25, 0.3) is 10.9 Å². The Kier molecular flexibility index (Phi) is 4.51. The second-order valence-corrected chi connectivity index (χ2v) is 7.02. The summed E-state index contributed by atoms with van der Waals surface area (Å²) in [6.45, 7) is 0.646. The Hall–Kier alpha value is -2.59. The normalized spacial score (nSPS) is 16.7. The maximum atomic E-state index is 12.9. The number of carbonyl (C=O) groups is 1. The first-order chi connectivity index (χ1) is 12.7. The number of aliphatic hydroxyl groups excluding tert-OH is 1. The highest BCUT2D eigenvalue weighted by Crippen LogP contribution is 2.30. The van der Waals surface area contributed by atoms with Gasteiger partial charge in [0.1, 0.15) is 0 Å². The van der Waals surface area contributed by atoms with Gasteiger partial charge in [0.15, 0.2) is 0 Å². The molecule has 1 N–H and O–H groups in total. The van der Waals surface area contributed by atoms with Crippen LogP contribution in [0.4, 0.5) is 0 Å². The first-order valence-electron chi connectivity index (χ1n) is 9.20. The van der Waals surface area contributed by atoms with Crippen LogP contribution in [-0.2, 0) is 24.7 Å². The van der Waals surface area contributed by atoms with Crippen LogP contribution in [0, 0.1) is 0 Å². The van der Waals surface area contributed by atoms with Crippen molar-refractivity contribution in [3.05, 3.63) is 71.4 Å². The molecule has 2 aromatic carbocycles. The molecule has 4 heteroatoms. The van der Waals surface area contributed by atoms with Crippen LogP contribution in [0.5, 0.6) is 0 Å². The summed E-state index contributed by atoms with van der Waals surface area (Å²) < 4.78 is 2.11. The van der Waals surface area contributed by atoms with Gasteiger partial charge >= 0.3 is 0 Å². The van der Waals surface area contributed by atoms with Gasteiger partial charge in [-0.2, -0.15) is 0 Å². The SMILES string of the molecule is Cn1cc(CCC(=O)N2CCc3ccccc3C2CO)c2ccccc21. The predicted molar refractivity (Wildman–Crippen MR) is 103 cm³/mol. The lowest BCUT2D eigenvalue weighted by Crippen LogP contribution is -2.41. The van der Waals surface area contributed by atoms with E-state index in [1.54, 1.807) is 0 Å². The van der Waals surface area contributed by atoms with E-state index in [9.17, 15) is 9.90 Å². The molecule has 3 aromatic rings. The highest BCUT2D eigenvalue weighted by atomic mass is 16.3. The van der Waals surface area contributed by atoms with Crippen molar-refractivity contribution in [1.82, 2.24) is 9.47 Å². The van der Waals surface area contributed by atoms with Gasteiger partial charge in [-0.3, -0.25) is 4.79 Å². The summed E-state index contributed by atoms with van der Waals surface area (Å²) in [5.74, 6) is 0.117. The zero-order chi connectivity index (χ0) is 18.1. The summed E-state index contributed by atoms with van der Waals surface area (Å²) in [5, 5.41) is 11.1. The van der Waals surface area contributed by atoms with Crippen LogP contribution in [0.2, 0.25) is 0 Å². The Balaban J connectivity index is 1.51. The third-order valence-electron chi connectivity index (χ3n) is 5.49. The number of amides is 1. The van der Waals surface area contributed by atoms with Gasteiger partial charge in [-0.15, -0.1) is 0 Å². The van der Waals surface area contributed by atoms with Gasteiger partial charge < -0.3 is 14.6 Å². The molecule has 0 bridgehead atoms. The van der Waals surface area contributed by atoms with Crippen LogP contribution in [-0.4, -0.2) is 33.6 Å². The minimum absolute atomic E-state index is 0.0307. The van der Waals surface area contributed by atoms with Crippen molar-refractivity contribution in [3.8, 4) is 0 Å². The molecule has 2 heterocycles. The second-order valence-electron chi connectivity index (χ2n) is 7.02. The fourth-order valence-corrected chi connectivity index (χ4v) is 4.16. The van der Waals surface area contributed by atoms with E-state index in [2.05, 4.69) is 29.0 Å². The van der Waals surface area contributed by atoms with Crippen LogP contribution in [0.3, 0.4) is 0 Å². The number of aliphatic hydroxyl groups is 1. The first-order valence-corrected chi connectivity index (χ1v) is 9.20. The van der Waals surface area contributed by atoms with E-state index in [1.807, 2.05) is 42.3 Å². The third kappa shape index (κ3) is 2.90. The molecule has 4 nitrogen and oxygen atoms in total. The predicted octanol–water partition coefficient (Wildman–Crippen LogP) is 3.23. The van der Waals surface area contributed by atoms with E-state index >= 15 is 0 Å². The van der Waals surface area contributed by atoms with Gasteiger partial charge in [0, 0.05) is 37.1 Å². The van der Waals surface area contributed by atoms with E-state index in [0.29, 0.717) is 13.0 Å². The van der Waals surface area contributed by atoms with Crippen LogP contribution in [0.1, 0.15) is 29.2 Å². The van der Waals surface area contributed by atoms with E-state index in [-0.39, 0.29) is 18.6 Å². The average Bonchev–Trinajstić information content (AvgIpc) is 3.01. The van der Waals surface area contributed by atoms with Gasteiger partial charge in [-0.25, -0.2) is 0 Å². The van der Waals surface area contributed by atoms with E-state index < -0.39 is 0 Å². The lowest BCUT2D eigenvalue weighted by Gasteiger charge is -2.36. The number of carbonyl (C=O) groups excluding carboxylic acids is 1. The van der Waals surface area contributed by atoms with E-state index in [4.69, 9.17) is 0 Å². The molecular formula is C22H24N2O2. The van der Waals surface area contributed by atoms with Crippen LogP contribution >= 0.6 is 0 Å². The summed E-state index contributed by atoms with van der Waals surface area (Å²) >= 11 is 0. The molecule has 26 heavy (non-hydrogen) atoms. The molecule has 1 unspecified atom stereocenters. The van der Waals surface area contributed by atoms with Crippen LogP contribution < -0.4 is 0 Å². The molecule has 1 aliphatic rings. The molecular weight excluding hydrogens is 324 g/mol. The van der Waals surface area contributed by atoms with Gasteiger partial charge in [-0.05, 0) is 35.6 Å². The summed E-state index contributed by atoms with van der Waals surface area (Å²) in [4.78, 5) is 14.8. The smallest absolute Gasteiger partial charge is 0.223 e. The zero-order valence-corrected chi connectivity index (χ0v) is 15.1. The zero-order valence-electron chi connectivity index (χ0n) is 15.1. The summed E-state index contributed by atoms with van der Waals surface area (Å²) in [7, 11) is 2.04. The molecule has 134 valence electrons. The Morgan fingerprint density at radius 2 is 1.92 bits per heavy atom. The molecule has 1 amide bonds. The van der Waals surface area contributed by atoms with Crippen LogP contribution in [0.15, 0.2) is 54.7 Å². The van der Waals surface area contributed by atoms with Crippen molar-refractivity contribution in [2.75, 3.05) is 13.2 Å². The second kappa shape index (κ2) is 6.96. The maximum absolute atomic E-state index is 12.9. The molecule has 0 aliphatic carbocycles. The summed E-state index contributed by atoms with van der Waals surface area (Å²) in [6.07, 6.45) is 4.16. The molecule has 0 fully saturated rings. The molecule has 0 saturated heterocycles. The quantitative estimate of drug-likeness (QED) is 0.787. The minimum Gasteiger partial charge on any atom is -0.394 e. The topological polar surface area (TPSA) is 45.5 Å². The van der Waals surface area contributed by atoms with Crippen molar-refractivity contribution in [2.24, 2.45) is 7.05 Å². The summed E-state index contributed by atoms with van der Waals surface area (Å²) in [6, 6.07) is 16.2. The molecule has 0 radical (unpaired) electrons. The van der Waals surface area contributed by atoms with E-state index in [0.717, 1.165) is 18.4 Å². The van der Waals surface area contributed by atoms with Gasteiger partial charge in [-0.1, -0.05) is 42.5 Å². The van der Waals surface area contributed by atoms with Crippen molar-refractivity contribution in [1.29, 1.82) is 0 Å². The van der Waals surface area contributed by atoms with Crippen molar-refractivity contribution < 1.29 is 9.90 Å². The monoisotopic (exact) mass is 348 g/mol. The average molecular weight is 348 g/mol. The van der Waals surface area contributed by atoms with Crippen molar-refractivity contribution in [2.45, 2.75) is 25.3 Å². The van der Waals surface area contributed by atoms with Crippen molar-refractivity contribution in [3.63, 3.8) is 0 Å². The number of aryl methyl sites for hydroxylation is 2. The van der Waals surface area contributed by atoms with Gasteiger partial charge in [0.2, 0.25) is 5.91 Å². The molecule has 1 aromatic heterocycles. The number of hydrogen-bond donors (Lipinski definition) is 1. The first kappa shape index (κ1) is 16.9. The number of rotatable bonds is 4.